The first-order valence-corrected chi connectivity index (χ1v) is 8.09. The number of carbonyl (C=O) groups is 1. The van der Waals surface area contributed by atoms with E-state index in [0.717, 1.165) is 30.4 Å². The van der Waals surface area contributed by atoms with E-state index in [1.165, 1.54) is 0 Å². The molecule has 1 saturated heterocycles. The SMILES string of the molecule is COC1CCC23C(=O)CN(C(O)c4cc5c(cc42)OCO5)C3C1. The second kappa shape index (κ2) is 4.47. The smallest absolute Gasteiger partial charge is 0.231 e. The fraction of sp³-hybridized carbons (Fsp3) is 0.588. The van der Waals surface area contributed by atoms with Gasteiger partial charge >= 0.3 is 0 Å². The summed E-state index contributed by atoms with van der Waals surface area (Å²) in [5.41, 5.74) is 1.17. The summed E-state index contributed by atoms with van der Waals surface area (Å²) in [7, 11) is 1.72. The lowest BCUT2D eigenvalue weighted by molar-refractivity contribution is -0.123. The highest BCUT2D eigenvalue weighted by Crippen LogP contribution is 2.56. The van der Waals surface area contributed by atoms with Gasteiger partial charge in [-0.2, -0.15) is 0 Å². The molecule has 5 atom stereocenters. The lowest BCUT2D eigenvalue weighted by Gasteiger charge is -2.49. The molecule has 0 spiro atoms. The van der Waals surface area contributed by atoms with Gasteiger partial charge in [0.25, 0.3) is 0 Å². The van der Waals surface area contributed by atoms with E-state index < -0.39 is 11.6 Å². The zero-order chi connectivity index (χ0) is 15.8. The van der Waals surface area contributed by atoms with Crippen LogP contribution < -0.4 is 9.47 Å². The van der Waals surface area contributed by atoms with Gasteiger partial charge in [-0.25, -0.2) is 0 Å². The monoisotopic (exact) mass is 317 g/mol. The van der Waals surface area contributed by atoms with Crippen molar-refractivity contribution in [3.8, 4) is 11.5 Å². The normalized spacial score (nSPS) is 40.0. The highest BCUT2D eigenvalue weighted by atomic mass is 16.7. The van der Waals surface area contributed by atoms with E-state index in [-0.39, 0.29) is 24.7 Å². The summed E-state index contributed by atoms with van der Waals surface area (Å²) in [6.45, 7) is 0.484. The third kappa shape index (κ3) is 1.56. The molecule has 5 unspecified atom stereocenters. The van der Waals surface area contributed by atoms with Crippen molar-refractivity contribution in [3.05, 3.63) is 23.3 Å². The third-order valence-corrected chi connectivity index (χ3v) is 6.09. The maximum absolute atomic E-state index is 12.9. The van der Waals surface area contributed by atoms with E-state index in [2.05, 4.69) is 0 Å². The summed E-state index contributed by atoms with van der Waals surface area (Å²) >= 11 is 0. The minimum absolute atomic E-state index is 0.00317. The number of Topliss-reactive ketones (excluding diaryl/α,β-unsaturated/α-hetero) is 1. The summed E-state index contributed by atoms with van der Waals surface area (Å²) in [6.07, 6.45) is 1.75. The molecule has 6 heteroatoms. The predicted molar refractivity (Wildman–Crippen MR) is 79.4 cm³/mol. The van der Waals surface area contributed by atoms with Crippen molar-refractivity contribution < 1.29 is 24.1 Å². The average Bonchev–Trinajstić information content (AvgIpc) is 3.12. The molecule has 0 radical (unpaired) electrons. The summed E-state index contributed by atoms with van der Waals surface area (Å²) in [5, 5.41) is 10.8. The molecule has 1 N–H and O–H groups in total. The second-order valence-electron chi connectivity index (χ2n) is 6.88. The van der Waals surface area contributed by atoms with Crippen LogP contribution in [0.3, 0.4) is 0 Å². The fourth-order valence-electron chi connectivity index (χ4n) is 4.96. The van der Waals surface area contributed by atoms with Crippen LogP contribution in [0.2, 0.25) is 0 Å². The Kier molecular flexibility index (Phi) is 2.67. The molecular weight excluding hydrogens is 298 g/mol. The summed E-state index contributed by atoms with van der Waals surface area (Å²) in [5.74, 6) is 1.52. The predicted octanol–water partition coefficient (Wildman–Crippen LogP) is 1.11. The van der Waals surface area contributed by atoms with E-state index >= 15 is 0 Å². The average molecular weight is 317 g/mol. The Labute approximate surface area is 133 Å². The highest BCUT2D eigenvalue weighted by Gasteiger charge is 2.62. The minimum atomic E-state index is -0.778. The topological polar surface area (TPSA) is 68.2 Å². The quantitative estimate of drug-likeness (QED) is 0.837. The summed E-state index contributed by atoms with van der Waals surface area (Å²) in [4.78, 5) is 14.9. The molecular formula is C17H19NO5. The number of ketones is 1. The number of benzene rings is 1. The Morgan fingerprint density at radius 2 is 2.13 bits per heavy atom. The third-order valence-electron chi connectivity index (χ3n) is 6.09. The van der Waals surface area contributed by atoms with Gasteiger partial charge in [0, 0.05) is 18.7 Å². The lowest BCUT2D eigenvalue weighted by Crippen LogP contribution is -2.54. The lowest BCUT2D eigenvalue weighted by atomic mass is 9.62. The Balaban J connectivity index is 1.71. The number of hydrogen-bond donors (Lipinski definition) is 1. The van der Waals surface area contributed by atoms with Crippen LogP contribution in [0, 0.1) is 0 Å². The van der Waals surface area contributed by atoms with Gasteiger partial charge in [0.1, 0.15) is 6.23 Å². The van der Waals surface area contributed by atoms with E-state index in [4.69, 9.17) is 14.2 Å². The first kappa shape index (κ1) is 13.8. The molecule has 2 bridgehead atoms. The van der Waals surface area contributed by atoms with Gasteiger partial charge < -0.3 is 19.3 Å². The van der Waals surface area contributed by atoms with E-state index in [0.29, 0.717) is 18.0 Å². The number of nitrogens with zero attached hydrogens (tertiary/aromatic N) is 1. The van der Waals surface area contributed by atoms with Crippen molar-refractivity contribution in [2.24, 2.45) is 0 Å². The van der Waals surface area contributed by atoms with Gasteiger partial charge in [-0.1, -0.05) is 0 Å². The van der Waals surface area contributed by atoms with Crippen LogP contribution in [0.1, 0.15) is 36.6 Å². The molecule has 1 aromatic rings. The molecule has 4 aliphatic rings. The van der Waals surface area contributed by atoms with Crippen LogP contribution in [0.5, 0.6) is 11.5 Å². The van der Waals surface area contributed by atoms with Crippen LogP contribution in [0.4, 0.5) is 0 Å². The number of methoxy groups -OCH3 is 1. The number of aliphatic hydroxyl groups excluding tert-OH is 1. The maximum Gasteiger partial charge on any atom is 0.231 e. The minimum Gasteiger partial charge on any atom is -0.454 e. The Bertz CT molecular complexity index is 704. The number of aliphatic hydroxyl groups is 1. The molecule has 3 aliphatic heterocycles. The Morgan fingerprint density at radius 1 is 1.35 bits per heavy atom. The van der Waals surface area contributed by atoms with Gasteiger partial charge in [-0.3, -0.25) is 9.69 Å². The van der Waals surface area contributed by atoms with Gasteiger partial charge in [-0.15, -0.1) is 0 Å². The zero-order valence-corrected chi connectivity index (χ0v) is 12.9. The molecule has 122 valence electrons. The van der Waals surface area contributed by atoms with Crippen molar-refractivity contribution in [1.82, 2.24) is 4.90 Å². The van der Waals surface area contributed by atoms with E-state index in [9.17, 15) is 9.90 Å². The molecule has 1 aromatic carbocycles. The standard InChI is InChI=1S/C17H19NO5/c1-21-9-2-3-17-11-6-13-12(22-8-23-13)5-10(11)16(20)18(7-15(17)19)14(17)4-9/h5-6,9,14,16,20H,2-4,7-8H2,1H3. The van der Waals surface area contributed by atoms with Gasteiger partial charge in [0.05, 0.1) is 18.1 Å². The Hall–Kier alpha value is -1.63. The zero-order valence-electron chi connectivity index (χ0n) is 12.9. The number of fused-ring (bicyclic) bond motifs is 2. The molecule has 2 fully saturated rings. The number of rotatable bonds is 1. The number of carbonyl (C=O) groups excluding carboxylic acids is 1. The van der Waals surface area contributed by atoms with Crippen LogP contribution in [0.15, 0.2) is 12.1 Å². The summed E-state index contributed by atoms with van der Waals surface area (Å²) in [6, 6.07) is 3.76. The van der Waals surface area contributed by atoms with Crippen molar-refractivity contribution in [3.63, 3.8) is 0 Å². The second-order valence-corrected chi connectivity index (χ2v) is 6.88. The van der Waals surface area contributed by atoms with E-state index in [1.54, 1.807) is 7.11 Å². The maximum atomic E-state index is 12.9. The molecule has 1 aliphatic carbocycles. The first-order chi connectivity index (χ1) is 11.1. The molecule has 6 nitrogen and oxygen atoms in total. The van der Waals surface area contributed by atoms with Crippen molar-refractivity contribution in [2.45, 2.75) is 43.1 Å². The molecule has 0 amide bonds. The van der Waals surface area contributed by atoms with Crippen LogP contribution in [-0.4, -0.2) is 48.4 Å². The van der Waals surface area contributed by atoms with Gasteiger partial charge in [0.2, 0.25) is 6.79 Å². The largest absolute Gasteiger partial charge is 0.454 e. The van der Waals surface area contributed by atoms with Crippen LogP contribution >= 0.6 is 0 Å². The molecule has 3 heterocycles. The first-order valence-electron chi connectivity index (χ1n) is 8.09. The van der Waals surface area contributed by atoms with Crippen LogP contribution in [-0.2, 0) is 14.9 Å². The molecule has 0 aromatic heterocycles. The van der Waals surface area contributed by atoms with Crippen molar-refractivity contribution in [2.75, 3.05) is 20.4 Å². The molecule has 1 saturated carbocycles. The summed E-state index contributed by atoms with van der Waals surface area (Å²) < 4.78 is 16.5. The Morgan fingerprint density at radius 3 is 2.91 bits per heavy atom. The molecule has 23 heavy (non-hydrogen) atoms. The highest BCUT2D eigenvalue weighted by molar-refractivity contribution is 5.96. The number of hydrogen-bond acceptors (Lipinski definition) is 6. The fourth-order valence-corrected chi connectivity index (χ4v) is 4.96. The van der Waals surface area contributed by atoms with E-state index in [1.807, 2.05) is 17.0 Å². The van der Waals surface area contributed by atoms with Crippen molar-refractivity contribution in [1.29, 1.82) is 0 Å². The van der Waals surface area contributed by atoms with Gasteiger partial charge in [0.15, 0.2) is 17.3 Å². The van der Waals surface area contributed by atoms with Crippen molar-refractivity contribution >= 4 is 5.78 Å². The molecule has 5 rings (SSSR count). The van der Waals surface area contributed by atoms with Gasteiger partial charge in [-0.05, 0) is 37.0 Å². The number of ether oxygens (including phenoxy) is 3. The van der Waals surface area contributed by atoms with Crippen LogP contribution in [0.25, 0.3) is 0 Å².